The zero-order valence-corrected chi connectivity index (χ0v) is 18.4. The molecule has 0 bridgehead atoms. The van der Waals surface area contributed by atoms with Crippen molar-refractivity contribution in [1.82, 2.24) is 9.97 Å². The number of nitrogens with zero attached hydrogens (tertiary/aromatic N) is 3. The van der Waals surface area contributed by atoms with Gasteiger partial charge in [0.15, 0.2) is 5.13 Å². The average Bonchev–Trinajstić information content (AvgIpc) is 3.16. The number of anilines is 1. The number of pyridine rings is 1. The summed E-state index contributed by atoms with van der Waals surface area (Å²) in [6.45, 7) is 4.42. The molecule has 0 radical (unpaired) electrons. The first-order chi connectivity index (χ1) is 14.5. The summed E-state index contributed by atoms with van der Waals surface area (Å²) in [5.74, 6) is 0.236. The molecule has 0 saturated carbocycles. The van der Waals surface area contributed by atoms with Gasteiger partial charge in [-0.3, -0.25) is 14.7 Å². The third-order valence-electron chi connectivity index (χ3n) is 4.75. The summed E-state index contributed by atoms with van der Waals surface area (Å²) in [6.07, 6.45) is 3.46. The maximum Gasteiger partial charge on any atom is 0.264 e. The van der Waals surface area contributed by atoms with Crippen molar-refractivity contribution in [2.24, 2.45) is 0 Å². The molecule has 0 saturated heterocycles. The summed E-state index contributed by atoms with van der Waals surface area (Å²) in [5.41, 5.74) is 4.45. The van der Waals surface area contributed by atoms with Gasteiger partial charge in [-0.25, -0.2) is 4.98 Å². The number of amides is 1. The van der Waals surface area contributed by atoms with E-state index in [1.54, 1.807) is 35.5 Å². The quantitative estimate of drug-likeness (QED) is 0.395. The molecule has 5 nitrogen and oxygen atoms in total. The monoisotopic (exact) mass is 437 g/mol. The number of benzene rings is 2. The van der Waals surface area contributed by atoms with E-state index in [2.05, 4.69) is 24.0 Å². The van der Waals surface area contributed by atoms with Crippen LogP contribution in [0.15, 0.2) is 54.9 Å². The van der Waals surface area contributed by atoms with Crippen LogP contribution < -0.4 is 9.64 Å². The SMILES string of the molecule is COc1ccc(Cl)cc1C(=O)N(Cc1cccnc1)c1nc2c(C)cc(C)cc2s1. The molecule has 7 heteroatoms. The zero-order chi connectivity index (χ0) is 21.3. The van der Waals surface area contributed by atoms with Gasteiger partial charge in [0.1, 0.15) is 5.75 Å². The zero-order valence-electron chi connectivity index (χ0n) is 16.8. The van der Waals surface area contributed by atoms with Crippen LogP contribution in [0.5, 0.6) is 5.75 Å². The van der Waals surface area contributed by atoms with E-state index in [-0.39, 0.29) is 5.91 Å². The first kappa shape index (κ1) is 20.3. The fourth-order valence-corrected chi connectivity index (χ4v) is 4.68. The Hall–Kier alpha value is -2.96. The molecule has 0 aliphatic heterocycles. The molecule has 0 fully saturated rings. The van der Waals surface area contributed by atoms with Crippen molar-refractivity contribution < 1.29 is 9.53 Å². The Kier molecular flexibility index (Phi) is 5.70. The first-order valence-corrected chi connectivity index (χ1v) is 10.6. The molecule has 0 unspecified atom stereocenters. The molecule has 2 heterocycles. The molecule has 0 aliphatic rings. The lowest BCUT2D eigenvalue weighted by Crippen LogP contribution is -2.30. The number of carbonyl (C=O) groups is 1. The molecule has 4 rings (SSSR count). The Labute approximate surface area is 183 Å². The van der Waals surface area contributed by atoms with E-state index in [4.69, 9.17) is 21.3 Å². The smallest absolute Gasteiger partial charge is 0.264 e. The number of hydrogen-bond donors (Lipinski definition) is 0. The van der Waals surface area contributed by atoms with Gasteiger partial charge in [-0.15, -0.1) is 0 Å². The van der Waals surface area contributed by atoms with Crippen LogP contribution in [0.2, 0.25) is 5.02 Å². The molecule has 2 aromatic carbocycles. The Bertz CT molecular complexity index is 1220. The lowest BCUT2D eigenvalue weighted by atomic mass is 10.1. The lowest BCUT2D eigenvalue weighted by molar-refractivity contribution is 0.0982. The van der Waals surface area contributed by atoms with Gasteiger partial charge in [0.2, 0.25) is 0 Å². The van der Waals surface area contributed by atoms with Gasteiger partial charge in [0.05, 0.1) is 29.4 Å². The predicted molar refractivity (Wildman–Crippen MR) is 122 cm³/mol. The summed E-state index contributed by atoms with van der Waals surface area (Å²) in [5, 5.41) is 1.09. The van der Waals surface area contributed by atoms with E-state index in [0.29, 0.717) is 28.0 Å². The highest BCUT2D eigenvalue weighted by Gasteiger charge is 2.25. The van der Waals surface area contributed by atoms with Crippen molar-refractivity contribution in [2.45, 2.75) is 20.4 Å². The number of aromatic nitrogens is 2. The number of rotatable bonds is 5. The van der Waals surface area contributed by atoms with Gasteiger partial charge in [-0.1, -0.05) is 35.1 Å². The molecule has 0 spiro atoms. The highest BCUT2D eigenvalue weighted by atomic mass is 35.5. The van der Waals surface area contributed by atoms with Crippen LogP contribution in [-0.2, 0) is 6.54 Å². The number of hydrogen-bond acceptors (Lipinski definition) is 5. The molecule has 2 aromatic heterocycles. The Morgan fingerprint density at radius 2 is 2.03 bits per heavy atom. The van der Waals surface area contributed by atoms with E-state index < -0.39 is 0 Å². The Morgan fingerprint density at radius 3 is 2.77 bits per heavy atom. The van der Waals surface area contributed by atoms with E-state index in [0.717, 1.165) is 26.9 Å². The Morgan fingerprint density at radius 1 is 1.20 bits per heavy atom. The second-order valence-electron chi connectivity index (χ2n) is 7.02. The van der Waals surface area contributed by atoms with Crippen LogP contribution in [0.4, 0.5) is 5.13 Å². The van der Waals surface area contributed by atoms with Gasteiger partial charge in [-0.05, 0) is 60.9 Å². The van der Waals surface area contributed by atoms with Crippen LogP contribution >= 0.6 is 22.9 Å². The molecule has 0 N–H and O–H groups in total. The second kappa shape index (κ2) is 8.42. The molecular weight excluding hydrogens is 418 g/mol. The van der Waals surface area contributed by atoms with Crippen LogP contribution in [0.25, 0.3) is 10.2 Å². The third kappa shape index (κ3) is 4.01. The van der Waals surface area contributed by atoms with Crippen LogP contribution in [-0.4, -0.2) is 23.0 Å². The summed E-state index contributed by atoms with van der Waals surface area (Å²) in [7, 11) is 1.54. The standard InChI is InChI=1S/C23H20ClN3O2S/c1-14-9-15(2)21-20(10-14)30-23(26-21)27(13-16-5-4-8-25-12-16)22(28)18-11-17(24)6-7-19(18)29-3/h4-12H,13H2,1-3H3. The lowest BCUT2D eigenvalue weighted by Gasteiger charge is -2.21. The summed E-state index contributed by atoms with van der Waals surface area (Å²) < 4.78 is 6.46. The molecular formula is C23H20ClN3O2S. The van der Waals surface area contributed by atoms with Crippen LogP contribution in [0.1, 0.15) is 27.0 Å². The van der Waals surface area contributed by atoms with Crippen molar-refractivity contribution in [2.75, 3.05) is 12.0 Å². The van der Waals surface area contributed by atoms with E-state index >= 15 is 0 Å². The summed E-state index contributed by atoms with van der Waals surface area (Å²) in [6, 6.07) is 13.0. The fourth-order valence-electron chi connectivity index (χ4n) is 3.37. The molecule has 30 heavy (non-hydrogen) atoms. The topological polar surface area (TPSA) is 55.3 Å². The number of thiazole rings is 1. The number of carbonyl (C=O) groups excluding carboxylic acids is 1. The van der Waals surface area contributed by atoms with Crippen molar-refractivity contribution in [3.05, 3.63) is 82.1 Å². The second-order valence-corrected chi connectivity index (χ2v) is 8.47. The van der Waals surface area contributed by atoms with E-state index in [1.165, 1.54) is 18.4 Å². The van der Waals surface area contributed by atoms with Crippen molar-refractivity contribution in [1.29, 1.82) is 0 Å². The van der Waals surface area contributed by atoms with Gasteiger partial charge in [0.25, 0.3) is 5.91 Å². The maximum absolute atomic E-state index is 13.6. The number of aryl methyl sites for hydroxylation is 2. The molecule has 152 valence electrons. The minimum absolute atomic E-state index is 0.230. The minimum Gasteiger partial charge on any atom is -0.496 e. The van der Waals surface area contributed by atoms with Gasteiger partial charge in [0, 0.05) is 17.4 Å². The molecule has 4 aromatic rings. The highest BCUT2D eigenvalue weighted by molar-refractivity contribution is 7.22. The molecule has 1 amide bonds. The Balaban J connectivity index is 1.84. The predicted octanol–water partition coefficient (Wildman–Crippen LogP) is 5.82. The fraction of sp³-hybridized carbons (Fsp3) is 0.174. The number of ether oxygens (including phenoxy) is 1. The maximum atomic E-state index is 13.6. The van der Waals surface area contributed by atoms with Gasteiger partial charge in [-0.2, -0.15) is 0 Å². The van der Waals surface area contributed by atoms with Crippen LogP contribution in [0, 0.1) is 13.8 Å². The average molecular weight is 438 g/mol. The molecule has 0 aliphatic carbocycles. The van der Waals surface area contributed by atoms with Crippen LogP contribution in [0.3, 0.4) is 0 Å². The van der Waals surface area contributed by atoms with E-state index in [1.807, 2.05) is 19.1 Å². The summed E-state index contributed by atoms with van der Waals surface area (Å²) in [4.78, 5) is 24.3. The number of methoxy groups -OCH3 is 1. The third-order valence-corrected chi connectivity index (χ3v) is 6.01. The van der Waals surface area contributed by atoms with Gasteiger partial charge < -0.3 is 4.74 Å². The van der Waals surface area contributed by atoms with E-state index in [9.17, 15) is 4.79 Å². The van der Waals surface area contributed by atoms with Gasteiger partial charge >= 0.3 is 0 Å². The van der Waals surface area contributed by atoms with Crippen molar-refractivity contribution >= 4 is 44.2 Å². The normalized spacial score (nSPS) is 10.9. The first-order valence-electron chi connectivity index (χ1n) is 9.38. The minimum atomic E-state index is -0.230. The van der Waals surface area contributed by atoms with Crippen molar-refractivity contribution in [3.8, 4) is 5.75 Å². The molecule has 0 atom stereocenters. The number of fused-ring (bicyclic) bond motifs is 1. The summed E-state index contributed by atoms with van der Waals surface area (Å²) >= 11 is 7.68. The largest absolute Gasteiger partial charge is 0.496 e. The number of halogens is 1. The highest BCUT2D eigenvalue weighted by Crippen LogP contribution is 2.34. The van der Waals surface area contributed by atoms with Crippen molar-refractivity contribution in [3.63, 3.8) is 0 Å².